The van der Waals surface area contributed by atoms with Crippen molar-refractivity contribution in [3.8, 4) is 5.75 Å². The number of amides is 5. The van der Waals surface area contributed by atoms with Gasteiger partial charge < -0.3 is 25.0 Å². The van der Waals surface area contributed by atoms with E-state index in [0.717, 1.165) is 16.9 Å². The molecular weight excluding hydrogens is 464 g/mol. The van der Waals surface area contributed by atoms with Crippen LogP contribution in [0.25, 0.3) is 0 Å². The third kappa shape index (κ3) is 4.51. The number of ether oxygens (including phenoxy) is 2. The van der Waals surface area contributed by atoms with Crippen LogP contribution in [-0.2, 0) is 26.4 Å². The number of carbonyl (C=O) groups excluding carboxylic acids is 4. The van der Waals surface area contributed by atoms with Gasteiger partial charge in [-0.3, -0.25) is 19.7 Å². The van der Waals surface area contributed by atoms with E-state index in [4.69, 9.17) is 9.47 Å². The minimum Gasteiger partial charge on any atom is -0.497 e. The highest BCUT2D eigenvalue weighted by Gasteiger charge is 2.39. The molecule has 1 atom stereocenters. The van der Waals surface area contributed by atoms with Gasteiger partial charge >= 0.3 is 6.03 Å². The van der Waals surface area contributed by atoms with Gasteiger partial charge in [0.15, 0.2) is 0 Å². The number of urea groups is 1. The molecular formula is C26H28N4O6. The number of methoxy groups -OCH3 is 1. The van der Waals surface area contributed by atoms with Crippen LogP contribution in [0.3, 0.4) is 0 Å². The number of fused-ring (bicyclic) bond motifs is 1. The summed E-state index contributed by atoms with van der Waals surface area (Å²) in [6.07, 6.45) is 1.76. The predicted octanol–water partition coefficient (Wildman–Crippen LogP) is 2.28. The van der Waals surface area contributed by atoms with E-state index in [0.29, 0.717) is 43.7 Å². The summed E-state index contributed by atoms with van der Waals surface area (Å²) in [5.74, 6) is -0.291. The first-order chi connectivity index (χ1) is 17.4. The van der Waals surface area contributed by atoms with Crippen LogP contribution in [0, 0.1) is 0 Å². The summed E-state index contributed by atoms with van der Waals surface area (Å²) in [5, 5.41) is 8.34. The van der Waals surface area contributed by atoms with E-state index in [1.165, 1.54) is 4.90 Å². The number of imide groups is 1. The van der Waals surface area contributed by atoms with Crippen molar-refractivity contribution in [3.05, 3.63) is 59.2 Å². The van der Waals surface area contributed by atoms with E-state index >= 15 is 0 Å². The van der Waals surface area contributed by atoms with Crippen LogP contribution in [-0.4, -0.2) is 55.0 Å². The molecule has 0 aliphatic carbocycles. The smallest absolute Gasteiger partial charge is 0.319 e. The third-order valence-corrected chi connectivity index (χ3v) is 7.12. The van der Waals surface area contributed by atoms with Gasteiger partial charge in [0, 0.05) is 37.4 Å². The average molecular weight is 493 g/mol. The molecule has 10 nitrogen and oxygen atoms in total. The van der Waals surface area contributed by atoms with E-state index in [1.54, 1.807) is 25.3 Å². The summed E-state index contributed by atoms with van der Waals surface area (Å²) >= 11 is 0. The fourth-order valence-electron chi connectivity index (χ4n) is 5.15. The van der Waals surface area contributed by atoms with Crippen molar-refractivity contribution in [2.75, 3.05) is 25.6 Å². The summed E-state index contributed by atoms with van der Waals surface area (Å²) in [4.78, 5) is 51.2. The normalized spacial score (nSPS) is 21.0. The molecule has 0 radical (unpaired) electrons. The van der Waals surface area contributed by atoms with Crippen molar-refractivity contribution >= 4 is 29.4 Å². The molecule has 0 bridgehead atoms. The highest BCUT2D eigenvalue weighted by atomic mass is 16.5. The molecule has 2 aromatic rings. The summed E-state index contributed by atoms with van der Waals surface area (Å²) < 4.78 is 10.8. The third-order valence-electron chi connectivity index (χ3n) is 7.12. The van der Waals surface area contributed by atoms with E-state index in [-0.39, 0.29) is 30.8 Å². The zero-order chi connectivity index (χ0) is 25.3. The largest absolute Gasteiger partial charge is 0.497 e. The van der Waals surface area contributed by atoms with Crippen molar-refractivity contribution in [2.24, 2.45) is 0 Å². The second kappa shape index (κ2) is 9.62. The molecule has 0 aromatic heterocycles. The second-order valence-corrected chi connectivity index (χ2v) is 9.27. The van der Waals surface area contributed by atoms with Gasteiger partial charge in [-0.25, -0.2) is 4.79 Å². The number of rotatable bonds is 5. The summed E-state index contributed by atoms with van der Waals surface area (Å²) in [6.45, 7) is 1.30. The highest BCUT2D eigenvalue weighted by molar-refractivity contribution is 6.05. The van der Waals surface area contributed by atoms with Crippen LogP contribution in [0.4, 0.5) is 10.5 Å². The molecule has 3 aliphatic heterocycles. The molecule has 36 heavy (non-hydrogen) atoms. The highest BCUT2D eigenvalue weighted by Crippen LogP contribution is 2.34. The molecule has 0 saturated carbocycles. The number of benzene rings is 2. The molecule has 2 saturated heterocycles. The Morgan fingerprint density at radius 3 is 2.56 bits per heavy atom. The van der Waals surface area contributed by atoms with Crippen molar-refractivity contribution in [1.29, 1.82) is 0 Å². The monoisotopic (exact) mass is 492 g/mol. The first kappa shape index (κ1) is 23.8. The minimum atomic E-state index is -0.680. The lowest BCUT2D eigenvalue weighted by molar-refractivity contribution is -0.136. The van der Waals surface area contributed by atoms with Gasteiger partial charge in [-0.1, -0.05) is 12.1 Å². The van der Waals surface area contributed by atoms with E-state index in [2.05, 4.69) is 16.0 Å². The molecule has 3 aliphatic rings. The van der Waals surface area contributed by atoms with Crippen LogP contribution in [0.2, 0.25) is 0 Å². The summed E-state index contributed by atoms with van der Waals surface area (Å²) in [7, 11) is 1.61. The molecule has 1 unspecified atom stereocenters. The molecule has 3 N–H and O–H groups in total. The van der Waals surface area contributed by atoms with Gasteiger partial charge in [0.1, 0.15) is 11.8 Å². The SMILES string of the molecule is COc1ccc(C2(NC(=O)Nc3ccc4c(c3)CN(C3CCC(=O)NC3=O)C4=O)CCOCC2)cc1. The van der Waals surface area contributed by atoms with Gasteiger partial charge in [-0.2, -0.15) is 0 Å². The van der Waals surface area contributed by atoms with Crippen molar-refractivity contribution < 1.29 is 28.7 Å². The number of hydrogen-bond donors (Lipinski definition) is 3. The van der Waals surface area contributed by atoms with Gasteiger partial charge in [0.2, 0.25) is 11.8 Å². The number of carbonyl (C=O) groups is 4. The Bertz CT molecular complexity index is 1210. The molecule has 188 valence electrons. The second-order valence-electron chi connectivity index (χ2n) is 9.27. The molecule has 2 aromatic carbocycles. The number of anilines is 1. The zero-order valence-corrected chi connectivity index (χ0v) is 20.0. The first-order valence-corrected chi connectivity index (χ1v) is 12.0. The van der Waals surface area contributed by atoms with Crippen LogP contribution >= 0.6 is 0 Å². The quantitative estimate of drug-likeness (QED) is 0.550. The molecule has 5 amide bonds. The maximum Gasteiger partial charge on any atom is 0.319 e. The van der Waals surface area contributed by atoms with Gasteiger partial charge in [0.25, 0.3) is 5.91 Å². The average Bonchev–Trinajstić information content (AvgIpc) is 3.20. The van der Waals surface area contributed by atoms with Crippen LogP contribution in [0.15, 0.2) is 42.5 Å². The van der Waals surface area contributed by atoms with Crippen LogP contribution in [0.5, 0.6) is 5.75 Å². The van der Waals surface area contributed by atoms with Gasteiger partial charge in [-0.15, -0.1) is 0 Å². The number of piperidine rings is 1. The molecule has 2 fully saturated rings. The Hall–Kier alpha value is -3.92. The number of nitrogens with one attached hydrogen (secondary N) is 3. The number of hydrogen-bond acceptors (Lipinski definition) is 6. The Morgan fingerprint density at radius 2 is 1.86 bits per heavy atom. The van der Waals surface area contributed by atoms with Crippen molar-refractivity contribution in [3.63, 3.8) is 0 Å². The number of nitrogens with zero attached hydrogens (tertiary/aromatic N) is 1. The molecule has 3 heterocycles. The molecule has 0 spiro atoms. The zero-order valence-electron chi connectivity index (χ0n) is 20.0. The van der Waals surface area contributed by atoms with E-state index in [9.17, 15) is 19.2 Å². The fraction of sp³-hybridized carbons (Fsp3) is 0.385. The van der Waals surface area contributed by atoms with Crippen LogP contribution < -0.4 is 20.7 Å². The molecule has 10 heteroatoms. The summed E-state index contributed by atoms with van der Waals surface area (Å²) in [6, 6.07) is 11.7. The lowest BCUT2D eigenvalue weighted by Gasteiger charge is -2.38. The van der Waals surface area contributed by atoms with Crippen LogP contribution in [0.1, 0.15) is 47.2 Å². The summed E-state index contributed by atoms with van der Waals surface area (Å²) in [5.41, 5.74) is 2.15. The standard InChI is InChI=1S/C26H28N4O6/c1-35-19-5-2-17(3-6-19)26(10-12-36-13-11-26)29-25(34)27-18-4-7-20-16(14-18)15-30(24(20)33)21-8-9-22(31)28-23(21)32/h2-7,14,21H,8-13,15H2,1H3,(H2,27,29,34)(H,28,31,32). The maximum absolute atomic E-state index is 13.1. The van der Waals surface area contributed by atoms with Gasteiger partial charge in [0.05, 0.1) is 12.6 Å². The Labute approximate surface area is 208 Å². The fourth-order valence-corrected chi connectivity index (χ4v) is 5.15. The predicted molar refractivity (Wildman–Crippen MR) is 129 cm³/mol. The topological polar surface area (TPSA) is 126 Å². The Kier molecular flexibility index (Phi) is 6.36. The lowest BCUT2D eigenvalue weighted by Crippen LogP contribution is -2.52. The maximum atomic E-state index is 13.1. The van der Waals surface area contributed by atoms with E-state index in [1.807, 2.05) is 24.3 Å². The van der Waals surface area contributed by atoms with E-state index < -0.39 is 17.5 Å². The van der Waals surface area contributed by atoms with Crippen molar-refractivity contribution in [2.45, 2.75) is 43.8 Å². The Morgan fingerprint density at radius 1 is 1.11 bits per heavy atom. The lowest BCUT2D eigenvalue weighted by atomic mass is 9.82. The van der Waals surface area contributed by atoms with Crippen molar-refractivity contribution in [1.82, 2.24) is 15.5 Å². The minimum absolute atomic E-state index is 0.199. The Balaban J connectivity index is 1.29. The first-order valence-electron chi connectivity index (χ1n) is 12.0. The molecule has 5 rings (SSSR count). The van der Waals surface area contributed by atoms with Gasteiger partial charge in [-0.05, 0) is 60.7 Å².